The number of rotatable bonds is 1. The first-order valence-corrected chi connectivity index (χ1v) is 9.50. The van der Waals surface area contributed by atoms with E-state index in [2.05, 4.69) is 70.0 Å². The molecule has 4 aromatic rings. The van der Waals surface area contributed by atoms with Crippen molar-refractivity contribution in [3.05, 3.63) is 72.1 Å². The molecule has 2 aliphatic rings. The second kappa shape index (κ2) is 5.18. The van der Waals surface area contributed by atoms with E-state index in [0.717, 1.165) is 11.9 Å². The monoisotopic (exact) mass is 339 g/mol. The van der Waals surface area contributed by atoms with Crippen molar-refractivity contribution in [2.75, 3.05) is 7.05 Å². The van der Waals surface area contributed by atoms with Crippen molar-refractivity contribution in [1.82, 2.24) is 14.5 Å². The van der Waals surface area contributed by atoms with E-state index in [1.165, 1.54) is 40.5 Å². The van der Waals surface area contributed by atoms with E-state index in [4.69, 9.17) is 0 Å². The molecule has 0 spiro atoms. The minimum Gasteiger partial charge on any atom is -0.313 e. The molecule has 6 rings (SSSR count). The lowest BCUT2D eigenvalue weighted by atomic mass is 9.97. The van der Waals surface area contributed by atoms with E-state index in [0.29, 0.717) is 12.1 Å². The third-order valence-corrected chi connectivity index (χ3v) is 6.46. The lowest BCUT2D eigenvalue weighted by molar-refractivity contribution is 0.223. The molecule has 0 radical (unpaired) electrons. The molecule has 3 nitrogen and oxygen atoms in total. The standard InChI is InChI=1S/C23H21N3/c1-25-16-9-11-21(25)23-18-6-2-3-7-20(18)26(22(23)14-16)17-8-10-19-15(13-17)5-4-12-24-19/h2-8,10,12-13,16,21H,9,11,14H2,1H3/t16-,21+/m0/s1. The van der Waals surface area contributed by atoms with Crippen LogP contribution in [-0.4, -0.2) is 27.5 Å². The van der Waals surface area contributed by atoms with Gasteiger partial charge in [0.15, 0.2) is 0 Å². The van der Waals surface area contributed by atoms with Crippen molar-refractivity contribution in [3.8, 4) is 5.69 Å². The Bertz CT molecular complexity index is 1160. The Morgan fingerprint density at radius 1 is 1.00 bits per heavy atom. The first kappa shape index (κ1) is 14.5. The molecule has 2 aromatic heterocycles. The molecule has 1 saturated heterocycles. The quantitative estimate of drug-likeness (QED) is 0.493. The van der Waals surface area contributed by atoms with Crippen LogP contribution in [0, 0.1) is 0 Å². The molecule has 26 heavy (non-hydrogen) atoms. The van der Waals surface area contributed by atoms with Crippen LogP contribution in [0.25, 0.3) is 27.5 Å². The summed E-state index contributed by atoms with van der Waals surface area (Å²) in [5.74, 6) is 0. The van der Waals surface area contributed by atoms with E-state index in [1.807, 2.05) is 12.3 Å². The average molecular weight is 339 g/mol. The molecule has 0 saturated carbocycles. The minimum atomic E-state index is 0.567. The first-order valence-electron chi connectivity index (χ1n) is 9.50. The highest BCUT2D eigenvalue weighted by Gasteiger charge is 2.40. The van der Waals surface area contributed by atoms with Gasteiger partial charge in [0.1, 0.15) is 0 Å². The number of aromatic nitrogens is 2. The molecule has 0 unspecified atom stereocenters. The van der Waals surface area contributed by atoms with Crippen LogP contribution in [-0.2, 0) is 6.42 Å². The smallest absolute Gasteiger partial charge is 0.0703 e. The number of likely N-dealkylation sites (N-methyl/N-ethyl adjacent to an activating group) is 1. The second-order valence-corrected chi connectivity index (χ2v) is 7.71. The Kier molecular flexibility index (Phi) is 2.89. The van der Waals surface area contributed by atoms with Crippen molar-refractivity contribution in [3.63, 3.8) is 0 Å². The van der Waals surface area contributed by atoms with Crippen LogP contribution in [0.4, 0.5) is 0 Å². The molecule has 2 bridgehead atoms. The van der Waals surface area contributed by atoms with E-state index < -0.39 is 0 Å². The summed E-state index contributed by atoms with van der Waals surface area (Å²) in [4.78, 5) is 7.08. The molecular weight excluding hydrogens is 318 g/mol. The van der Waals surface area contributed by atoms with Crippen molar-refractivity contribution in [2.45, 2.75) is 31.3 Å². The van der Waals surface area contributed by atoms with Gasteiger partial charge in [0.05, 0.1) is 11.0 Å². The van der Waals surface area contributed by atoms with E-state index in [-0.39, 0.29) is 0 Å². The second-order valence-electron chi connectivity index (χ2n) is 7.71. The number of nitrogens with zero attached hydrogens (tertiary/aromatic N) is 3. The Hall–Kier alpha value is -2.65. The van der Waals surface area contributed by atoms with E-state index in [1.54, 1.807) is 5.56 Å². The molecule has 2 atom stereocenters. The molecule has 2 aromatic carbocycles. The first-order chi connectivity index (χ1) is 12.8. The maximum Gasteiger partial charge on any atom is 0.0703 e. The fourth-order valence-corrected chi connectivity index (χ4v) is 5.22. The summed E-state index contributed by atoms with van der Waals surface area (Å²) in [7, 11) is 2.30. The number of benzene rings is 2. The number of para-hydroxylation sites is 1. The van der Waals surface area contributed by atoms with Crippen LogP contribution >= 0.6 is 0 Å². The SMILES string of the molecule is CN1[C@H]2CC[C@@H]1c1c(n(-c3ccc4ncccc4c3)c3ccccc13)C2. The predicted octanol–water partition coefficient (Wildman–Crippen LogP) is 4.87. The van der Waals surface area contributed by atoms with Crippen LogP contribution in [0.5, 0.6) is 0 Å². The third kappa shape index (κ3) is 1.84. The van der Waals surface area contributed by atoms with Gasteiger partial charge in [-0.1, -0.05) is 24.3 Å². The molecule has 0 N–H and O–H groups in total. The van der Waals surface area contributed by atoms with Gasteiger partial charge in [-0.2, -0.15) is 0 Å². The topological polar surface area (TPSA) is 21.1 Å². The Balaban J connectivity index is 1.68. The molecular formula is C23H21N3. The number of fused-ring (bicyclic) bond motifs is 7. The zero-order valence-corrected chi connectivity index (χ0v) is 14.9. The van der Waals surface area contributed by atoms with Gasteiger partial charge in [0, 0.05) is 46.9 Å². The maximum absolute atomic E-state index is 4.48. The average Bonchev–Trinajstić information content (AvgIpc) is 3.12. The lowest BCUT2D eigenvalue weighted by Gasteiger charge is -2.32. The van der Waals surface area contributed by atoms with Crippen LogP contribution in [0.1, 0.15) is 30.1 Å². The summed E-state index contributed by atoms with van der Waals surface area (Å²) in [6, 6.07) is 21.0. The van der Waals surface area contributed by atoms with Crippen molar-refractivity contribution in [2.24, 2.45) is 0 Å². The molecule has 2 aliphatic heterocycles. The summed E-state index contributed by atoms with van der Waals surface area (Å²) in [6.45, 7) is 0. The maximum atomic E-state index is 4.48. The normalized spacial score (nSPS) is 22.2. The van der Waals surface area contributed by atoms with Gasteiger partial charge in [-0.15, -0.1) is 0 Å². The highest BCUT2D eigenvalue weighted by Crippen LogP contribution is 2.47. The zero-order chi connectivity index (χ0) is 17.3. The van der Waals surface area contributed by atoms with Gasteiger partial charge in [0.25, 0.3) is 0 Å². The van der Waals surface area contributed by atoms with Gasteiger partial charge in [0.2, 0.25) is 0 Å². The van der Waals surface area contributed by atoms with Crippen LogP contribution < -0.4 is 0 Å². The molecule has 4 heterocycles. The van der Waals surface area contributed by atoms with E-state index >= 15 is 0 Å². The van der Waals surface area contributed by atoms with Gasteiger partial charge in [-0.05, 0) is 55.8 Å². The summed E-state index contributed by atoms with van der Waals surface area (Å²) in [5.41, 5.74) is 6.72. The Labute approximate surface area is 152 Å². The summed E-state index contributed by atoms with van der Waals surface area (Å²) >= 11 is 0. The van der Waals surface area contributed by atoms with Crippen molar-refractivity contribution >= 4 is 21.8 Å². The number of hydrogen-bond acceptors (Lipinski definition) is 2. The van der Waals surface area contributed by atoms with E-state index in [9.17, 15) is 0 Å². The summed E-state index contributed by atoms with van der Waals surface area (Å²) in [5, 5.41) is 2.62. The number of pyridine rings is 1. The molecule has 0 amide bonds. The third-order valence-electron chi connectivity index (χ3n) is 6.46. The lowest BCUT2D eigenvalue weighted by Crippen LogP contribution is -2.34. The van der Waals surface area contributed by atoms with Crippen LogP contribution in [0.3, 0.4) is 0 Å². The highest BCUT2D eigenvalue weighted by atomic mass is 15.2. The highest BCUT2D eigenvalue weighted by molar-refractivity contribution is 5.89. The number of hydrogen-bond donors (Lipinski definition) is 0. The van der Waals surface area contributed by atoms with Crippen LogP contribution in [0.15, 0.2) is 60.8 Å². The van der Waals surface area contributed by atoms with Gasteiger partial charge in [-0.25, -0.2) is 0 Å². The molecule has 3 heteroatoms. The Morgan fingerprint density at radius 3 is 2.88 bits per heavy atom. The largest absolute Gasteiger partial charge is 0.313 e. The van der Waals surface area contributed by atoms with Crippen LogP contribution in [0.2, 0.25) is 0 Å². The van der Waals surface area contributed by atoms with Gasteiger partial charge < -0.3 is 4.57 Å². The van der Waals surface area contributed by atoms with Gasteiger partial charge in [-0.3, -0.25) is 9.88 Å². The molecule has 128 valence electrons. The molecule has 1 fully saturated rings. The molecule has 0 aliphatic carbocycles. The Morgan fingerprint density at radius 2 is 1.92 bits per heavy atom. The summed E-state index contributed by atoms with van der Waals surface area (Å²) in [6.07, 6.45) is 5.60. The zero-order valence-electron chi connectivity index (χ0n) is 14.9. The van der Waals surface area contributed by atoms with Crippen molar-refractivity contribution < 1.29 is 0 Å². The van der Waals surface area contributed by atoms with Crippen molar-refractivity contribution in [1.29, 1.82) is 0 Å². The van der Waals surface area contributed by atoms with Gasteiger partial charge >= 0.3 is 0 Å². The fourth-order valence-electron chi connectivity index (χ4n) is 5.22. The minimum absolute atomic E-state index is 0.567. The summed E-state index contributed by atoms with van der Waals surface area (Å²) < 4.78 is 2.51. The fraction of sp³-hybridized carbons (Fsp3) is 0.261. The predicted molar refractivity (Wildman–Crippen MR) is 106 cm³/mol.